The molecule has 0 aliphatic heterocycles. The smallest absolute Gasteiger partial charge is 0.195 e. The predicted octanol–water partition coefficient (Wildman–Crippen LogP) is 3.07. The number of aliphatic hydroxyl groups is 1. The van der Waals surface area contributed by atoms with Crippen LogP contribution in [-0.2, 0) is 11.4 Å². The molecule has 0 saturated carbocycles. The summed E-state index contributed by atoms with van der Waals surface area (Å²) in [5.41, 5.74) is 2.97. The average molecular weight is 385 g/mol. The summed E-state index contributed by atoms with van der Waals surface area (Å²) in [4.78, 5) is 4.99. The van der Waals surface area contributed by atoms with Gasteiger partial charge in [-0.15, -0.1) is 0 Å². The molecule has 2 aromatic carbocycles. The molecule has 0 heterocycles. The minimum atomic E-state index is -0.117. The van der Waals surface area contributed by atoms with Crippen LogP contribution in [0.2, 0.25) is 0 Å². The van der Waals surface area contributed by atoms with Gasteiger partial charge in [-0.2, -0.15) is 0 Å². The molecule has 7 heteroatoms. The maximum absolute atomic E-state index is 9.53. The van der Waals surface area contributed by atoms with Gasteiger partial charge in [0.2, 0.25) is 0 Å². The number of nitrogens with one attached hydrogen (secondary N) is 1. The highest BCUT2D eigenvalue weighted by Gasteiger charge is 2.19. The number of ether oxygens (including phenoxy) is 1. The third kappa shape index (κ3) is 5.72. The maximum Gasteiger partial charge on any atom is 0.195 e. The van der Waals surface area contributed by atoms with Crippen LogP contribution >= 0.6 is 0 Å². The second-order valence-corrected chi connectivity index (χ2v) is 6.34. The number of aliphatic hydroxyl groups excluding tert-OH is 1. The van der Waals surface area contributed by atoms with E-state index in [1.807, 2.05) is 62.4 Å². The van der Waals surface area contributed by atoms with Crippen molar-refractivity contribution in [3.63, 3.8) is 0 Å². The molecule has 0 aliphatic rings. The first-order chi connectivity index (χ1) is 13.6. The molecule has 1 unspecified atom stereocenters. The highest BCUT2D eigenvalue weighted by atomic mass is 16.6. The molecule has 0 saturated heterocycles. The largest absolute Gasteiger partial charge is 0.489 e. The van der Waals surface area contributed by atoms with Crippen molar-refractivity contribution in [2.75, 3.05) is 13.7 Å². The maximum atomic E-state index is 9.53. The summed E-state index contributed by atoms with van der Waals surface area (Å²) in [5, 5.41) is 29.1. The molecule has 0 aliphatic carbocycles. The number of aryl methyl sites for hydroxylation is 1. The summed E-state index contributed by atoms with van der Waals surface area (Å²) in [6.07, 6.45) is 0.497. The molecule has 0 amide bonds. The van der Waals surface area contributed by atoms with Crippen LogP contribution in [0.5, 0.6) is 5.75 Å². The SMILES string of the molecule is CON=C(C(=NO)NC(C)CCO)c1ccccc1COc1ccccc1C. The second kappa shape index (κ2) is 10.9. The lowest BCUT2D eigenvalue weighted by molar-refractivity contribution is 0.214. The molecule has 2 aromatic rings. The molecule has 0 aromatic heterocycles. The number of amidine groups is 1. The highest BCUT2D eigenvalue weighted by Crippen LogP contribution is 2.20. The van der Waals surface area contributed by atoms with E-state index in [0.717, 1.165) is 22.4 Å². The van der Waals surface area contributed by atoms with Gasteiger partial charge < -0.3 is 25.2 Å². The molecule has 0 spiro atoms. The van der Waals surface area contributed by atoms with Gasteiger partial charge in [-0.25, -0.2) is 0 Å². The summed E-state index contributed by atoms with van der Waals surface area (Å²) in [6, 6.07) is 15.2. The van der Waals surface area contributed by atoms with Gasteiger partial charge in [0.05, 0.1) is 0 Å². The van der Waals surface area contributed by atoms with Gasteiger partial charge in [0.25, 0.3) is 0 Å². The van der Waals surface area contributed by atoms with Crippen molar-refractivity contribution in [3.8, 4) is 5.75 Å². The van der Waals surface area contributed by atoms with Crippen molar-refractivity contribution in [1.82, 2.24) is 5.32 Å². The van der Waals surface area contributed by atoms with E-state index in [-0.39, 0.29) is 18.5 Å². The first-order valence-electron chi connectivity index (χ1n) is 9.08. The van der Waals surface area contributed by atoms with E-state index >= 15 is 0 Å². The monoisotopic (exact) mass is 385 g/mol. The van der Waals surface area contributed by atoms with Crippen LogP contribution in [0.25, 0.3) is 0 Å². The van der Waals surface area contributed by atoms with Gasteiger partial charge in [-0.3, -0.25) is 0 Å². The Balaban J connectivity index is 2.30. The molecule has 7 nitrogen and oxygen atoms in total. The molecule has 28 heavy (non-hydrogen) atoms. The summed E-state index contributed by atoms with van der Waals surface area (Å²) >= 11 is 0. The molecule has 0 bridgehead atoms. The van der Waals surface area contributed by atoms with E-state index < -0.39 is 0 Å². The van der Waals surface area contributed by atoms with Crippen molar-refractivity contribution in [2.45, 2.75) is 32.9 Å². The van der Waals surface area contributed by atoms with Gasteiger partial charge in [-0.1, -0.05) is 52.8 Å². The topological polar surface area (TPSA) is 95.7 Å². The van der Waals surface area contributed by atoms with Gasteiger partial charge in [-0.05, 0) is 37.5 Å². The first-order valence-corrected chi connectivity index (χ1v) is 9.08. The predicted molar refractivity (Wildman–Crippen MR) is 109 cm³/mol. The van der Waals surface area contributed by atoms with Crippen LogP contribution in [0.1, 0.15) is 30.0 Å². The Kier molecular flexibility index (Phi) is 8.30. The molecule has 3 N–H and O–H groups in total. The molecule has 150 valence electrons. The van der Waals surface area contributed by atoms with Crippen molar-refractivity contribution in [1.29, 1.82) is 0 Å². The van der Waals surface area contributed by atoms with E-state index in [2.05, 4.69) is 15.6 Å². The lowest BCUT2D eigenvalue weighted by Crippen LogP contribution is -2.39. The van der Waals surface area contributed by atoms with E-state index in [4.69, 9.17) is 14.7 Å². The molecule has 0 radical (unpaired) electrons. The molecular weight excluding hydrogens is 358 g/mol. The highest BCUT2D eigenvalue weighted by molar-refractivity contribution is 6.47. The Morgan fingerprint density at radius 2 is 1.86 bits per heavy atom. The number of benzene rings is 2. The zero-order chi connectivity index (χ0) is 20.4. The van der Waals surface area contributed by atoms with Crippen molar-refractivity contribution in [2.24, 2.45) is 10.3 Å². The van der Waals surface area contributed by atoms with Gasteiger partial charge >= 0.3 is 0 Å². The van der Waals surface area contributed by atoms with Crippen LogP contribution in [0.3, 0.4) is 0 Å². The summed E-state index contributed by atoms with van der Waals surface area (Å²) in [7, 11) is 1.43. The summed E-state index contributed by atoms with van der Waals surface area (Å²) in [6.45, 7) is 4.19. The van der Waals surface area contributed by atoms with Crippen molar-refractivity contribution in [3.05, 3.63) is 65.2 Å². The Morgan fingerprint density at radius 1 is 1.14 bits per heavy atom. The average Bonchev–Trinajstić information content (AvgIpc) is 2.70. The fourth-order valence-corrected chi connectivity index (χ4v) is 2.71. The standard InChI is InChI=1S/C21H27N3O4/c1-15-8-4-7-11-19(15)28-14-17-9-5-6-10-18(17)20(24-27-3)21(23-26)22-16(2)12-13-25/h4-11,16,25-26H,12-14H2,1-3H3,(H,22,23). The number of hydrogen-bond acceptors (Lipinski definition) is 6. The van der Waals surface area contributed by atoms with Crippen LogP contribution < -0.4 is 10.1 Å². The second-order valence-electron chi connectivity index (χ2n) is 6.34. The minimum absolute atomic E-state index is 0.0183. The van der Waals surface area contributed by atoms with Gasteiger partial charge in [0.1, 0.15) is 19.5 Å². The Labute approximate surface area is 165 Å². The first kappa shape index (κ1) is 21.2. The van der Waals surface area contributed by atoms with Gasteiger partial charge in [0, 0.05) is 18.2 Å². The molecule has 0 fully saturated rings. The quantitative estimate of drug-likeness (QED) is 0.267. The van der Waals surface area contributed by atoms with E-state index in [1.165, 1.54) is 7.11 Å². The third-order valence-corrected chi connectivity index (χ3v) is 4.20. The number of rotatable bonds is 9. The Bertz CT molecular complexity index is 821. The fourth-order valence-electron chi connectivity index (χ4n) is 2.71. The van der Waals surface area contributed by atoms with Crippen molar-refractivity contribution >= 4 is 11.5 Å². The number of para-hydroxylation sites is 1. The lowest BCUT2D eigenvalue weighted by atomic mass is 10.0. The number of nitrogens with zero attached hydrogens (tertiary/aromatic N) is 2. The lowest BCUT2D eigenvalue weighted by Gasteiger charge is -2.18. The van der Waals surface area contributed by atoms with Crippen LogP contribution in [0.15, 0.2) is 58.8 Å². The van der Waals surface area contributed by atoms with E-state index in [1.54, 1.807) is 0 Å². The number of hydrogen-bond donors (Lipinski definition) is 3. The fraction of sp³-hybridized carbons (Fsp3) is 0.333. The summed E-state index contributed by atoms with van der Waals surface area (Å²) < 4.78 is 5.97. The van der Waals surface area contributed by atoms with Crippen LogP contribution in [-0.4, -0.2) is 41.6 Å². The normalized spacial score (nSPS) is 13.1. The molecule has 1 atom stereocenters. The molecular formula is C21H27N3O4. The van der Waals surface area contributed by atoms with Gasteiger partial charge in [0.15, 0.2) is 11.5 Å². The number of oxime groups is 2. The zero-order valence-corrected chi connectivity index (χ0v) is 16.4. The van der Waals surface area contributed by atoms with E-state index in [0.29, 0.717) is 18.7 Å². The van der Waals surface area contributed by atoms with E-state index in [9.17, 15) is 5.21 Å². The third-order valence-electron chi connectivity index (χ3n) is 4.20. The Morgan fingerprint density at radius 3 is 2.54 bits per heavy atom. The van der Waals surface area contributed by atoms with Crippen LogP contribution in [0, 0.1) is 6.92 Å². The molecule has 2 rings (SSSR count). The van der Waals surface area contributed by atoms with Crippen molar-refractivity contribution < 1.29 is 19.9 Å². The van der Waals surface area contributed by atoms with Crippen LogP contribution in [0.4, 0.5) is 0 Å². The minimum Gasteiger partial charge on any atom is -0.489 e. The summed E-state index contributed by atoms with van der Waals surface area (Å²) in [5.74, 6) is 0.958. The Hall–Kier alpha value is -3.06. The zero-order valence-electron chi connectivity index (χ0n) is 16.4.